The molecule has 8 nitrogen and oxygen atoms in total. The summed E-state index contributed by atoms with van der Waals surface area (Å²) < 4.78 is 22.0. The van der Waals surface area contributed by atoms with Gasteiger partial charge in [-0.05, 0) is 54.6 Å². The van der Waals surface area contributed by atoms with Gasteiger partial charge in [-0.1, -0.05) is 28.1 Å². The molecule has 0 aliphatic rings. The molecule has 0 radical (unpaired) electrons. The van der Waals surface area contributed by atoms with Crippen LogP contribution in [0.2, 0.25) is 0 Å². The molecular weight excluding hydrogens is 492 g/mol. The number of para-hydroxylation sites is 2. The predicted octanol–water partition coefficient (Wildman–Crippen LogP) is 4.21. The van der Waals surface area contributed by atoms with Crippen molar-refractivity contribution >= 4 is 34.0 Å². The number of ether oxygens (including phenoxy) is 4. The van der Waals surface area contributed by atoms with Crippen LogP contribution in [-0.2, 0) is 4.79 Å². The zero-order chi connectivity index (χ0) is 23.6. The minimum Gasteiger partial charge on any atom is -0.497 e. The first-order valence-corrected chi connectivity index (χ1v) is 10.5. The molecule has 0 aliphatic heterocycles. The number of nitrogens with one attached hydrogen (secondary N) is 1. The zero-order valence-corrected chi connectivity index (χ0v) is 19.5. The summed E-state index contributed by atoms with van der Waals surface area (Å²) in [7, 11) is 3.06. The summed E-state index contributed by atoms with van der Waals surface area (Å²) in [6, 6.07) is 18.6. The lowest BCUT2D eigenvalue weighted by Gasteiger charge is -2.09. The van der Waals surface area contributed by atoms with Gasteiger partial charge >= 0.3 is 5.97 Å². The van der Waals surface area contributed by atoms with Crippen LogP contribution in [-0.4, -0.2) is 38.9 Å². The molecule has 3 aromatic rings. The second kappa shape index (κ2) is 11.7. The highest BCUT2D eigenvalue weighted by molar-refractivity contribution is 9.10. The smallest absolute Gasteiger partial charge is 0.343 e. The molecule has 0 atom stereocenters. The molecule has 0 saturated heterocycles. The van der Waals surface area contributed by atoms with E-state index in [2.05, 4.69) is 26.5 Å². The summed E-state index contributed by atoms with van der Waals surface area (Å²) in [6.07, 6.45) is 1.38. The Labute approximate surface area is 199 Å². The fourth-order valence-corrected chi connectivity index (χ4v) is 3.07. The largest absolute Gasteiger partial charge is 0.497 e. The molecule has 1 amide bonds. The molecule has 0 heterocycles. The lowest BCUT2D eigenvalue weighted by atomic mass is 10.2. The van der Waals surface area contributed by atoms with Crippen LogP contribution in [0.25, 0.3) is 0 Å². The Kier molecular flexibility index (Phi) is 8.43. The molecule has 0 aromatic heterocycles. The molecule has 0 fully saturated rings. The van der Waals surface area contributed by atoms with Crippen LogP contribution in [0.4, 0.5) is 0 Å². The lowest BCUT2D eigenvalue weighted by molar-refractivity contribution is -0.123. The van der Waals surface area contributed by atoms with E-state index in [1.807, 2.05) is 0 Å². The first kappa shape index (κ1) is 23.8. The Morgan fingerprint density at radius 3 is 2.36 bits per heavy atom. The van der Waals surface area contributed by atoms with Crippen LogP contribution in [0.1, 0.15) is 15.9 Å². The number of amides is 1. The van der Waals surface area contributed by atoms with Gasteiger partial charge in [-0.2, -0.15) is 5.10 Å². The van der Waals surface area contributed by atoms with Gasteiger partial charge in [0.25, 0.3) is 5.91 Å². The average Bonchev–Trinajstić information content (AvgIpc) is 2.84. The Morgan fingerprint density at radius 2 is 1.67 bits per heavy atom. The molecule has 1 N–H and O–H groups in total. The summed E-state index contributed by atoms with van der Waals surface area (Å²) in [5.74, 6) is 0.869. The maximum atomic E-state index is 12.5. The van der Waals surface area contributed by atoms with Gasteiger partial charge in [0.1, 0.15) is 11.5 Å². The van der Waals surface area contributed by atoms with E-state index in [-0.39, 0.29) is 12.4 Å². The van der Waals surface area contributed by atoms with Crippen molar-refractivity contribution in [3.05, 3.63) is 82.3 Å². The van der Waals surface area contributed by atoms with E-state index < -0.39 is 11.9 Å². The summed E-state index contributed by atoms with van der Waals surface area (Å²) in [5.41, 5.74) is 3.23. The zero-order valence-electron chi connectivity index (χ0n) is 17.9. The molecule has 9 heteroatoms. The molecule has 170 valence electrons. The molecule has 33 heavy (non-hydrogen) atoms. The predicted molar refractivity (Wildman–Crippen MR) is 126 cm³/mol. The standard InChI is InChI=1S/C24H21BrN2O6/c1-30-19-10-7-16(8-11-19)24(29)33-20-12-9-18(25)13-17(20)14-26-27-23(28)15-32-22-6-4-3-5-21(22)31-2/h3-14H,15H2,1-2H3,(H,27,28)/b26-14-. The van der Waals surface area contributed by atoms with Crippen molar-refractivity contribution in [2.45, 2.75) is 0 Å². The number of methoxy groups -OCH3 is 2. The van der Waals surface area contributed by atoms with Crippen molar-refractivity contribution in [3.63, 3.8) is 0 Å². The summed E-state index contributed by atoms with van der Waals surface area (Å²) >= 11 is 3.37. The normalized spacial score (nSPS) is 10.5. The molecule has 3 rings (SSSR count). The van der Waals surface area contributed by atoms with E-state index in [0.29, 0.717) is 28.4 Å². The quantitative estimate of drug-likeness (QED) is 0.199. The number of hydrogen-bond acceptors (Lipinski definition) is 7. The van der Waals surface area contributed by atoms with Crippen LogP contribution in [0.15, 0.2) is 76.3 Å². The highest BCUT2D eigenvalue weighted by Gasteiger charge is 2.12. The van der Waals surface area contributed by atoms with Crippen LogP contribution < -0.4 is 24.4 Å². The van der Waals surface area contributed by atoms with Gasteiger partial charge in [-0.3, -0.25) is 4.79 Å². The van der Waals surface area contributed by atoms with Gasteiger partial charge in [0.05, 0.1) is 26.0 Å². The Morgan fingerprint density at radius 1 is 0.939 bits per heavy atom. The number of hydrazone groups is 1. The first-order chi connectivity index (χ1) is 16.0. The highest BCUT2D eigenvalue weighted by Crippen LogP contribution is 2.26. The van der Waals surface area contributed by atoms with E-state index in [4.69, 9.17) is 18.9 Å². The summed E-state index contributed by atoms with van der Waals surface area (Å²) in [5, 5.41) is 3.94. The maximum absolute atomic E-state index is 12.5. The van der Waals surface area contributed by atoms with Crippen molar-refractivity contribution in [1.29, 1.82) is 0 Å². The van der Waals surface area contributed by atoms with E-state index in [1.54, 1.807) is 73.8 Å². The summed E-state index contributed by atoms with van der Waals surface area (Å²) in [4.78, 5) is 24.6. The molecule has 0 spiro atoms. The Bertz CT molecular complexity index is 1150. The third-order valence-electron chi connectivity index (χ3n) is 4.32. The third-order valence-corrected chi connectivity index (χ3v) is 4.81. The molecule has 0 aliphatic carbocycles. The summed E-state index contributed by atoms with van der Waals surface area (Å²) in [6.45, 7) is -0.254. The van der Waals surface area contributed by atoms with Gasteiger partial charge in [0, 0.05) is 10.0 Å². The number of hydrogen-bond donors (Lipinski definition) is 1. The van der Waals surface area contributed by atoms with E-state index >= 15 is 0 Å². The van der Waals surface area contributed by atoms with E-state index in [0.717, 1.165) is 4.47 Å². The van der Waals surface area contributed by atoms with Crippen LogP contribution in [0.3, 0.4) is 0 Å². The number of halogens is 1. The van der Waals surface area contributed by atoms with Gasteiger partial charge in [0.15, 0.2) is 18.1 Å². The second-order valence-electron chi connectivity index (χ2n) is 6.53. The topological polar surface area (TPSA) is 95.5 Å². The lowest BCUT2D eigenvalue weighted by Crippen LogP contribution is -2.24. The number of carbonyl (C=O) groups excluding carboxylic acids is 2. The van der Waals surface area contributed by atoms with E-state index in [9.17, 15) is 9.59 Å². The number of esters is 1. The number of rotatable bonds is 9. The minimum atomic E-state index is -0.538. The molecule has 3 aromatic carbocycles. The molecular formula is C24H21BrN2O6. The van der Waals surface area contributed by atoms with Crippen molar-refractivity contribution in [1.82, 2.24) is 5.43 Å². The Balaban J connectivity index is 1.62. The first-order valence-electron chi connectivity index (χ1n) is 9.73. The maximum Gasteiger partial charge on any atom is 0.343 e. The van der Waals surface area contributed by atoms with Crippen LogP contribution >= 0.6 is 15.9 Å². The van der Waals surface area contributed by atoms with E-state index in [1.165, 1.54) is 13.3 Å². The third kappa shape index (κ3) is 6.81. The van der Waals surface area contributed by atoms with Crippen molar-refractivity contribution in [3.8, 4) is 23.0 Å². The highest BCUT2D eigenvalue weighted by atomic mass is 79.9. The fraction of sp³-hybridized carbons (Fsp3) is 0.125. The monoisotopic (exact) mass is 512 g/mol. The van der Waals surface area contributed by atoms with Gasteiger partial charge in [-0.15, -0.1) is 0 Å². The van der Waals surface area contributed by atoms with Crippen LogP contribution in [0, 0.1) is 0 Å². The number of benzene rings is 3. The van der Waals surface area contributed by atoms with Crippen molar-refractivity contribution in [2.24, 2.45) is 5.10 Å². The number of carbonyl (C=O) groups is 2. The number of nitrogens with zero attached hydrogens (tertiary/aromatic N) is 1. The van der Waals surface area contributed by atoms with Gasteiger partial charge < -0.3 is 18.9 Å². The second-order valence-corrected chi connectivity index (χ2v) is 7.45. The average molecular weight is 513 g/mol. The van der Waals surface area contributed by atoms with Gasteiger partial charge in [-0.25, -0.2) is 10.2 Å². The SMILES string of the molecule is COc1ccc(C(=O)Oc2ccc(Br)cc2/C=N\NC(=O)COc2ccccc2OC)cc1. The van der Waals surface area contributed by atoms with Crippen molar-refractivity contribution < 1.29 is 28.5 Å². The Hall–Kier alpha value is -3.85. The van der Waals surface area contributed by atoms with Gasteiger partial charge in [0.2, 0.25) is 0 Å². The fourth-order valence-electron chi connectivity index (χ4n) is 2.69. The molecule has 0 bridgehead atoms. The molecule has 0 unspecified atom stereocenters. The minimum absolute atomic E-state index is 0.254. The van der Waals surface area contributed by atoms with Crippen LogP contribution in [0.5, 0.6) is 23.0 Å². The van der Waals surface area contributed by atoms with Crippen molar-refractivity contribution in [2.75, 3.05) is 20.8 Å². The molecule has 0 saturated carbocycles.